The number of carbonyl (C=O) groups excluding carboxylic acids is 1. The summed E-state index contributed by atoms with van der Waals surface area (Å²) in [5, 5.41) is 6.84. The normalized spacial score (nSPS) is 18.9. The molecule has 9 heteroatoms. The van der Waals surface area contributed by atoms with Crippen molar-refractivity contribution in [3.63, 3.8) is 0 Å². The average Bonchev–Trinajstić information content (AvgIpc) is 3.21. The number of imidazole rings is 1. The van der Waals surface area contributed by atoms with Crippen molar-refractivity contribution in [2.24, 2.45) is 0 Å². The number of alkyl halides is 2. The smallest absolute Gasteiger partial charge is 0.281 e. The van der Waals surface area contributed by atoms with Crippen LogP contribution in [-0.4, -0.2) is 34.5 Å². The fourth-order valence-corrected chi connectivity index (χ4v) is 4.17. The van der Waals surface area contributed by atoms with Gasteiger partial charge in [0, 0.05) is 18.3 Å². The standard InChI is InChI=1S/C22H23ClF2N4O2/c1-31-15-9-10-16(17(23)11-15)22(30)27-14-7-5-13(6-8-14)26-19-3-2-4-20-28-18(21(24)25)12-29(19)20/h2-4,9-14,21,26H,5-8H2,1H3,(H,27,30)/t13-,14+. The van der Waals surface area contributed by atoms with E-state index in [-0.39, 0.29) is 23.7 Å². The van der Waals surface area contributed by atoms with Crippen molar-refractivity contribution in [1.82, 2.24) is 14.7 Å². The molecule has 6 nitrogen and oxygen atoms in total. The molecule has 0 saturated heterocycles. The molecule has 0 bridgehead atoms. The molecule has 2 aromatic heterocycles. The first-order valence-corrected chi connectivity index (χ1v) is 10.5. The number of nitrogens with one attached hydrogen (secondary N) is 2. The van der Waals surface area contributed by atoms with Crippen LogP contribution >= 0.6 is 11.6 Å². The third-order valence-corrected chi connectivity index (χ3v) is 5.88. The lowest BCUT2D eigenvalue weighted by atomic mass is 9.91. The molecule has 0 atom stereocenters. The maximum Gasteiger partial charge on any atom is 0.281 e. The number of nitrogens with zero attached hydrogens (tertiary/aromatic N) is 2. The number of hydrogen-bond donors (Lipinski definition) is 2. The third-order valence-electron chi connectivity index (χ3n) is 5.57. The van der Waals surface area contributed by atoms with Crippen molar-refractivity contribution in [3.8, 4) is 5.75 Å². The molecule has 1 fully saturated rings. The lowest BCUT2D eigenvalue weighted by molar-refractivity contribution is 0.0926. The topological polar surface area (TPSA) is 67.7 Å². The molecule has 3 aromatic rings. The Morgan fingerprint density at radius 2 is 1.94 bits per heavy atom. The zero-order valence-corrected chi connectivity index (χ0v) is 17.7. The molecular weight excluding hydrogens is 426 g/mol. The number of anilines is 1. The Kier molecular flexibility index (Phi) is 6.27. The maximum atomic E-state index is 13.0. The van der Waals surface area contributed by atoms with Crippen LogP contribution in [-0.2, 0) is 0 Å². The average molecular weight is 449 g/mol. The summed E-state index contributed by atoms with van der Waals surface area (Å²) in [6, 6.07) is 10.6. The summed E-state index contributed by atoms with van der Waals surface area (Å²) in [5.41, 5.74) is 0.666. The number of carbonyl (C=O) groups is 1. The summed E-state index contributed by atoms with van der Waals surface area (Å²) in [6.07, 6.45) is 2.05. The fraction of sp³-hybridized carbons (Fsp3) is 0.364. The zero-order valence-electron chi connectivity index (χ0n) is 16.9. The molecule has 2 heterocycles. The Labute approximate surface area is 183 Å². The molecule has 0 aliphatic heterocycles. The summed E-state index contributed by atoms with van der Waals surface area (Å²) >= 11 is 6.20. The van der Waals surface area contributed by atoms with E-state index in [1.165, 1.54) is 6.20 Å². The van der Waals surface area contributed by atoms with Crippen molar-refractivity contribution in [3.05, 3.63) is 58.9 Å². The molecule has 4 rings (SSSR count). The molecule has 0 unspecified atom stereocenters. The van der Waals surface area contributed by atoms with Crippen LogP contribution in [0.2, 0.25) is 5.02 Å². The second-order valence-corrected chi connectivity index (χ2v) is 8.03. The highest BCUT2D eigenvalue weighted by Crippen LogP contribution is 2.26. The second-order valence-electron chi connectivity index (χ2n) is 7.62. The monoisotopic (exact) mass is 448 g/mol. The minimum atomic E-state index is -2.61. The second kappa shape index (κ2) is 9.09. The molecule has 164 valence electrons. The molecular formula is C22H23ClF2N4O2. The van der Waals surface area contributed by atoms with E-state index in [1.807, 2.05) is 6.07 Å². The molecule has 1 saturated carbocycles. The lowest BCUT2D eigenvalue weighted by Gasteiger charge is -2.30. The van der Waals surface area contributed by atoms with E-state index < -0.39 is 6.43 Å². The number of rotatable bonds is 6. The van der Waals surface area contributed by atoms with E-state index in [1.54, 1.807) is 41.8 Å². The number of hydrogen-bond acceptors (Lipinski definition) is 4. The Morgan fingerprint density at radius 3 is 2.61 bits per heavy atom. The number of fused-ring (bicyclic) bond motifs is 1. The first-order valence-electron chi connectivity index (χ1n) is 10.1. The third kappa shape index (κ3) is 4.74. The predicted octanol–water partition coefficient (Wildman–Crippen LogP) is 5.09. The van der Waals surface area contributed by atoms with Gasteiger partial charge in [-0.25, -0.2) is 13.8 Å². The van der Waals surface area contributed by atoms with Gasteiger partial charge < -0.3 is 15.4 Å². The van der Waals surface area contributed by atoms with Crippen LogP contribution < -0.4 is 15.4 Å². The molecule has 1 aliphatic carbocycles. The van der Waals surface area contributed by atoms with E-state index in [4.69, 9.17) is 16.3 Å². The molecule has 1 amide bonds. The number of methoxy groups -OCH3 is 1. The van der Waals surface area contributed by atoms with Gasteiger partial charge in [0.1, 0.15) is 22.9 Å². The summed E-state index contributed by atoms with van der Waals surface area (Å²) in [7, 11) is 1.54. The maximum absolute atomic E-state index is 13.0. The Hall–Kier alpha value is -2.87. The Bertz CT molecular complexity index is 1080. The van der Waals surface area contributed by atoms with E-state index in [0.29, 0.717) is 22.0 Å². The van der Waals surface area contributed by atoms with Gasteiger partial charge in [0.2, 0.25) is 0 Å². The predicted molar refractivity (Wildman–Crippen MR) is 115 cm³/mol. The quantitative estimate of drug-likeness (QED) is 0.551. The molecule has 2 N–H and O–H groups in total. The molecule has 0 radical (unpaired) electrons. The molecule has 1 aliphatic rings. The van der Waals surface area contributed by atoms with Gasteiger partial charge in [-0.1, -0.05) is 17.7 Å². The number of aromatic nitrogens is 2. The number of benzene rings is 1. The minimum Gasteiger partial charge on any atom is -0.497 e. The highest BCUT2D eigenvalue weighted by atomic mass is 35.5. The van der Waals surface area contributed by atoms with Crippen molar-refractivity contribution in [2.45, 2.75) is 44.2 Å². The largest absolute Gasteiger partial charge is 0.497 e. The Balaban J connectivity index is 1.35. The van der Waals surface area contributed by atoms with Crippen LogP contribution in [0.3, 0.4) is 0 Å². The first kappa shape index (κ1) is 21.4. The van der Waals surface area contributed by atoms with Gasteiger partial charge >= 0.3 is 0 Å². The van der Waals surface area contributed by atoms with E-state index in [0.717, 1.165) is 31.5 Å². The Morgan fingerprint density at radius 1 is 1.19 bits per heavy atom. The van der Waals surface area contributed by atoms with Gasteiger partial charge in [-0.2, -0.15) is 0 Å². The zero-order chi connectivity index (χ0) is 22.0. The van der Waals surface area contributed by atoms with E-state index >= 15 is 0 Å². The number of halogens is 3. The SMILES string of the molecule is COc1ccc(C(=O)N[C@H]2CC[C@@H](Nc3cccc4nc(C(F)F)cn34)CC2)c(Cl)c1. The fourth-order valence-electron chi connectivity index (χ4n) is 3.91. The van der Waals surface area contributed by atoms with Crippen molar-refractivity contribution in [2.75, 3.05) is 12.4 Å². The van der Waals surface area contributed by atoms with Gasteiger partial charge in [-0.15, -0.1) is 0 Å². The summed E-state index contributed by atoms with van der Waals surface area (Å²) in [6.45, 7) is 0. The van der Waals surface area contributed by atoms with Crippen molar-refractivity contribution >= 4 is 29.0 Å². The summed E-state index contributed by atoms with van der Waals surface area (Å²) < 4.78 is 32.7. The van der Waals surface area contributed by atoms with Crippen LogP contribution in [0.15, 0.2) is 42.6 Å². The molecule has 0 spiro atoms. The van der Waals surface area contributed by atoms with Crippen LogP contribution in [0.25, 0.3) is 5.65 Å². The number of amides is 1. The molecule has 31 heavy (non-hydrogen) atoms. The van der Waals surface area contributed by atoms with E-state index in [2.05, 4.69) is 15.6 Å². The van der Waals surface area contributed by atoms with Crippen molar-refractivity contribution in [1.29, 1.82) is 0 Å². The molecule has 1 aromatic carbocycles. The van der Waals surface area contributed by atoms with Crippen LogP contribution in [0.5, 0.6) is 5.75 Å². The number of pyridine rings is 1. The van der Waals surface area contributed by atoms with Gasteiger partial charge in [0.15, 0.2) is 0 Å². The highest BCUT2D eigenvalue weighted by Gasteiger charge is 2.24. The van der Waals surface area contributed by atoms with Gasteiger partial charge in [0.05, 0.1) is 17.7 Å². The van der Waals surface area contributed by atoms with E-state index in [9.17, 15) is 13.6 Å². The summed E-state index contributed by atoms with van der Waals surface area (Å²) in [4.78, 5) is 16.6. The van der Waals surface area contributed by atoms with Gasteiger partial charge in [0.25, 0.3) is 12.3 Å². The number of ether oxygens (including phenoxy) is 1. The lowest BCUT2D eigenvalue weighted by Crippen LogP contribution is -2.40. The van der Waals surface area contributed by atoms with Crippen molar-refractivity contribution < 1.29 is 18.3 Å². The van der Waals surface area contributed by atoms with Crippen LogP contribution in [0.1, 0.15) is 48.2 Å². The van der Waals surface area contributed by atoms with Crippen LogP contribution in [0.4, 0.5) is 14.6 Å². The van der Waals surface area contributed by atoms with Crippen LogP contribution in [0, 0.1) is 0 Å². The van der Waals surface area contributed by atoms with Gasteiger partial charge in [-0.05, 0) is 56.0 Å². The first-order chi connectivity index (χ1) is 14.9. The van der Waals surface area contributed by atoms with Gasteiger partial charge in [-0.3, -0.25) is 9.20 Å². The minimum absolute atomic E-state index is 0.0539. The summed E-state index contributed by atoms with van der Waals surface area (Å²) in [5.74, 6) is 1.13. The highest BCUT2D eigenvalue weighted by molar-refractivity contribution is 6.34.